The lowest BCUT2D eigenvalue weighted by molar-refractivity contribution is -0.125. The fraction of sp³-hybridized carbons (Fsp3) is 0.357. The molecule has 1 saturated carbocycles. The fourth-order valence-electron chi connectivity index (χ4n) is 4.97. The number of aromatic nitrogens is 5. The molecule has 12 nitrogen and oxygen atoms in total. The number of nitrogens with two attached hydrogens (primary N) is 2. The van der Waals surface area contributed by atoms with Crippen molar-refractivity contribution >= 4 is 28.6 Å². The summed E-state index contributed by atoms with van der Waals surface area (Å²) < 4.78 is 9.19. The molecular weight excluding hydrogens is 512 g/mol. The van der Waals surface area contributed by atoms with Crippen LogP contribution in [0.2, 0.25) is 0 Å². The van der Waals surface area contributed by atoms with E-state index in [0.717, 1.165) is 11.1 Å². The Labute approximate surface area is 230 Å². The number of aryl methyl sites for hydroxylation is 1. The van der Waals surface area contributed by atoms with E-state index in [-0.39, 0.29) is 35.2 Å². The van der Waals surface area contributed by atoms with Crippen molar-refractivity contribution in [2.45, 2.75) is 57.2 Å². The number of carbonyl (C=O) groups excluding carboxylic acids is 3. The minimum Gasteiger partial charge on any atom is -0.474 e. The Bertz CT molecular complexity index is 1600. The van der Waals surface area contributed by atoms with E-state index in [9.17, 15) is 14.4 Å². The van der Waals surface area contributed by atoms with Gasteiger partial charge in [0.2, 0.25) is 11.8 Å². The van der Waals surface area contributed by atoms with Gasteiger partial charge in [-0.2, -0.15) is 10.2 Å². The molecule has 1 aliphatic carbocycles. The molecule has 5 N–H and O–H groups in total. The molecule has 3 aromatic heterocycles. The lowest BCUT2D eigenvalue weighted by Crippen LogP contribution is -2.42. The van der Waals surface area contributed by atoms with Crippen LogP contribution in [0.5, 0.6) is 5.88 Å². The van der Waals surface area contributed by atoms with Crippen LogP contribution in [0.25, 0.3) is 22.0 Å². The van der Waals surface area contributed by atoms with Crippen LogP contribution in [0.4, 0.5) is 0 Å². The highest BCUT2D eigenvalue weighted by Crippen LogP contribution is 2.31. The van der Waals surface area contributed by atoms with E-state index < -0.39 is 17.4 Å². The highest BCUT2D eigenvalue weighted by molar-refractivity contribution is 6.06. The van der Waals surface area contributed by atoms with Gasteiger partial charge in [0.1, 0.15) is 17.2 Å². The standard InChI is InChI=1S/C28H32N8O4/c1-28(2,27(30)39)36-22-13-16(17-14-32-35(3)15-17)6-11-20(22)23(34-36)25(38)33-18-7-9-19(10-8-18)40-26-21(24(29)37)5-4-12-31-26/h4-6,11-15,18-19H,7-10H2,1-3H3,(H2,29,37)(H2,30,39)(H,33,38). The molecule has 40 heavy (non-hydrogen) atoms. The maximum Gasteiger partial charge on any atom is 0.272 e. The predicted octanol–water partition coefficient (Wildman–Crippen LogP) is 2.27. The molecule has 0 saturated heterocycles. The minimum atomic E-state index is -1.17. The van der Waals surface area contributed by atoms with Gasteiger partial charge < -0.3 is 21.5 Å². The van der Waals surface area contributed by atoms with Gasteiger partial charge in [0.15, 0.2) is 5.69 Å². The molecular formula is C28H32N8O4. The normalized spacial score (nSPS) is 17.5. The van der Waals surface area contributed by atoms with Crippen LogP contribution in [-0.2, 0) is 17.4 Å². The fourth-order valence-corrected chi connectivity index (χ4v) is 4.97. The highest BCUT2D eigenvalue weighted by Gasteiger charge is 2.33. The van der Waals surface area contributed by atoms with Crippen LogP contribution < -0.4 is 21.5 Å². The highest BCUT2D eigenvalue weighted by atomic mass is 16.5. The van der Waals surface area contributed by atoms with E-state index in [4.69, 9.17) is 16.2 Å². The number of carbonyl (C=O) groups is 3. The molecule has 0 atom stereocenters. The molecule has 3 heterocycles. The van der Waals surface area contributed by atoms with E-state index in [1.54, 1.807) is 43.1 Å². The van der Waals surface area contributed by atoms with Gasteiger partial charge in [0, 0.05) is 36.4 Å². The summed E-state index contributed by atoms with van der Waals surface area (Å²) in [6, 6.07) is 8.75. The van der Waals surface area contributed by atoms with E-state index in [1.807, 2.05) is 31.4 Å². The van der Waals surface area contributed by atoms with Crippen LogP contribution in [-0.4, -0.2) is 54.4 Å². The van der Waals surface area contributed by atoms with E-state index in [0.29, 0.717) is 36.6 Å². The van der Waals surface area contributed by atoms with Crippen molar-refractivity contribution in [1.29, 1.82) is 0 Å². The summed E-state index contributed by atoms with van der Waals surface area (Å²) in [7, 11) is 1.83. The summed E-state index contributed by atoms with van der Waals surface area (Å²) in [5.41, 5.74) is 12.8. The summed E-state index contributed by atoms with van der Waals surface area (Å²) in [6.45, 7) is 3.35. The molecule has 0 radical (unpaired) electrons. The molecule has 5 rings (SSSR count). The Balaban J connectivity index is 1.35. The van der Waals surface area contributed by atoms with Gasteiger partial charge in [-0.15, -0.1) is 0 Å². The first-order chi connectivity index (χ1) is 19.0. The third-order valence-corrected chi connectivity index (χ3v) is 7.39. The quantitative estimate of drug-likeness (QED) is 0.305. The first-order valence-electron chi connectivity index (χ1n) is 13.1. The number of rotatable bonds is 8. The van der Waals surface area contributed by atoms with Gasteiger partial charge >= 0.3 is 0 Å². The topological polar surface area (TPSA) is 173 Å². The van der Waals surface area contributed by atoms with Gasteiger partial charge in [-0.05, 0) is 69.4 Å². The van der Waals surface area contributed by atoms with Crippen molar-refractivity contribution in [3.8, 4) is 17.0 Å². The van der Waals surface area contributed by atoms with Crippen molar-refractivity contribution < 1.29 is 19.1 Å². The van der Waals surface area contributed by atoms with Crippen LogP contribution in [0.3, 0.4) is 0 Å². The summed E-state index contributed by atoms with van der Waals surface area (Å²) in [6.07, 6.45) is 7.71. The second-order valence-corrected chi connectivity index (χ2v) is 10.6. The second kappa shape index (κ2) is 10.4. The zero-order valence-electron chi connectivity index (χ0n) is 22.6. The number of amides is 3. The van der Waals surface area contributed by atoms with Crippen molar-refractivity contribution in [3.63, 3.8) is 0 Å². The van der Waals surface area contributed by atoms with Crippen LogP contribution in [0, 0.1) is 0 Å². The van der Waals surface area contributed by atoms with Crippen LogP contribution >= 0.6 is 0 Å². The molecule has 0 unspecified atom stereocenters. The molecule has 208 valence electrons. The number of primary amides is 2. The van der Waals surface area contributed by atoms with Gasteiger partial charge in [-0.25, -0.2) is 9.67 Å². The zero-order chi connectivity index (χ0) is 28.6. The van der Waals surface area contributed by atoms with Crippen molar-refractivity contribution in [3.05, 3.63) is 60.2 Å². The number of pyridine rings is 1. The summed E-state index contributed by atoms with van der Waals surface area (Å²) in [5, 5.41) is 12.5. The molecule has 1 aliphatic rings. The number of ether oxygens (including phenoxy) is 1. The van der Waals surface area contributed by atoms with E-state index in [1.165, 1.54) is 4.68 Å². The maximum absolute atomic E-state index is 13.5. The zero-order valence-corrected chi connectivity index (χ0v) is 22.6. The van der Waals surface area contributed by atoms with Gasteiger partial charge in [0.05, 0.1) is 11.7 Å². The molecule has 3 amide bonds. The summed E-state index contributed by atoms with van der Waals surface area (Å²) >= 11 is 0. The first-order valence-corrected chi connectivity index (χ1v) is 13.1. The SMILES string of the molecule is Cn1cc(-c2ccc3c(C(=O)NC4CCC(Oc5ncccc5C(N)=O)CC4)nn(C(C)(C)C(N)=O)c3c2)cn1. The second-order valence-electron chi connectivity index (χ2n) is 10.6. The van der Waals surface area contributed by atoms with Gasteiger partial charge in [0.25, 0.3) is 11.8 Å². The van der Waals surface area contributed by atoms with Crippen LogP contribution in [0.15, 0.2) is 48.9 Å². The minimum absolute atomic E-state index is 0.0919. The summed E-state index contributed by atoms with van der Waals surface area (Å²) in [5.74, 6) is -1.27. The monoisotopic (exact) mass is 544 g/mol. The Kier molecular flexibility index (Phi) is 7.01. The average molecular weight is 545 g/mol. The molecule has 0 spiro atoms. The molecule has 4 aromatic rings. The number of fused-ring (bicyclic) bond motifs is 1. The van der Waals surface area contributed by atoms with Crippen molar-refractivity contribution in [2.24, 2.45) is 18.5 Å². The number of nitrogens with one attached hydrogen (secondary N) is 1. The molecule has 1 aromatic carbocycles. The van der Waals surface area contributed by atoms with E-state index in [2.05, 4.69) is 20.5 Å². The smallest absolute Gasteiger partial charge is 0.272 e. The number of benzene rings is 1. The molecule has 12 heteroatoms. The van der Waals surface area contributed by atoms with E-state index >= 15 is 0 Å². The van der Waals surface area contributed by atoms with Crippen molar-refractivity contribution in [1.82, 2.24) is 29.9 Å². The Morgan fingerprint density at radius 2 is 1.82 bits per heavy atom. The van der Waals surface area contributed by atoms with Crippen molar-refractivity contribution in [2.75, 3.05) is 0 Å². The number of hydrogen-bond donors (Lipinski definition) is 3. The molecule has 0 bridgehead atoms. The molecule has 0 aliphatic heterocycles. The number of hydrogen-bond acceptors (Lipinski definition) is 7. The number of nitrogens with zero attached hydrogens (tertiary/aromatic N) is 5. The Hall–Kier alpha value is -4.74. The average Bonchev–Trinajstić information content (AvgIpc) is 3.53. The largest absolute Gasteiger partial charge is 0.474 e. The lowest BCUT2D eigenvalue weighted by atomic mass is 9.92. The first kappa shape index (κ1) is 26.9. The third-order valence-electron chi connectivity index (χ3n) is 7.39. The third kappa shape index (κ3) is 5.12. The van der Waals surface area contributed by atoms with Crippen LogP contribution in [0.1, 0.15) is 60.4 Å². The predicted molar refractivity (Wildman–Crippen MR) is 147 cm³/mol. The summed E-state index contributed by atoms with van der Waals surface area (Å²) in [4.78, 5) is 41.6. The Morgan fingerprint density at radius 1 is 1.07 bits per heavy atom. The lowest BCUT2D eigenvalue weighted by Gasteiger charge is -2.29. The maximum atomic E-state index is 13.5. The molecule has 1 fully saturated rings. The van der Waals surface area contributed by atoms with Gasteiger partial charge in [-0.1, -0.05) is 6.07 Å². The Morgan fingerprint density at radius 3 is 2.48 bits per heavy atom. The van der Waals surface area contributed by atoms with Gasteiger partial charge in [-0.3, -0.25) is 19.1 Å².